The van der Waals surface area contributed by atoms with Gasteiger partial charge in [0.15, 0.2) is 5.78 Å². The van der Waals surface area contributed by atoms with Crippen LogP contribution >= 0.6 is 0 Å². The topological polar surface area (TPSA) is 142 Å². The lowest BCUT2D eigenvalue weighted by Gasteiger charge is -2.21. The minimum absolute atomic E-state index is 0.134. The third-order valence-corrected chi connectivity index (χ3v) is 5.52. The van der Waals surface area contributed by atoms with Gasteiger partial charge in [-0.2, -0.15) is 0 Å². The van der Waals surface area contributed by atoms with Crippen LogP contribution in [0.3, 0.4) is 0 Å². The van der Waals surface area contributed by atoms with Crippen molar-refractivity contribution < 1.29 is 33.6 Å². The predicted molar refractivity (Wildman–Crippen MR) is 122 cm³/mol. The zero-order valence-electron chi connectivity index (χ0n) is 18.3. The lowest BCUT2D eigenvalue weighted by Crippen LogP contribution is -2.38. The summed E-state index contributed by atoms with van der Waals surface area (Å²) in [5, 5.41) is 13.7. The second-order valence-corrected chi connectivity index (χ2v) is 7.58. The number of nitrogens with one attached hydrogen (secondary N) is 1. The molecule has 0 aliphatic carbocycles. The minimum atomic E-state index is -1.71. The van der Waals surface area contributed by atoms with Crippen LogP contribution in [0, 0.1) is 16.0 Å². The molecule has 35 heavy (non-hydrogen) atoms. The number of anilines is 1. The summed E-state index contributed by atoms with van der Waals surface area (Å²) in [5.74, 6) is -5.47. The summed E-state index contributed by atoms with van der Waals surface area (Å²) < 4.78 is 10.3. The Morgan fingerprint density at radius 1 is 1.03 bits per heavy atom. The van der Waals surface area contributed by atoms with Gasteiger partial charge < -0.3 is 14.8 Å². The molecule has 0 radical (unpaired) electrons. The number of amides is 1. The Balaban J connectivity index is 1.71. The number of carbonyl (C=O) groups excluding carboxylic acids is 4. The van der Waals surface area contributed by atoms with Crippen LogP contribution in [0.4, 0.5) is 11.4 Å². The number of rotatable bonds is 8. The first kappa shape index (κ1) is 23.3. The number of carbonyl (C=O) groups is 4. The summed E-state index contributed by atoms with van der Waals surface area (Å²) >= 11 is 0. The van der Waals surface area contributed by atoms with Crippen LogP contribution in [-0.2, 0) is 14.3 Å². The van der Waals surface area contributed by atoms with Gasteiger partial charge in [-0.15, -0.1) is 0 Å². The van der Waals surface area contributed by atoms with Crippen LogP contribution < -0.4 is 10.1 Å². The van der Waals surface area contributed by atoms with Crippen LogP contribution in [0.1, 0.15) is 32.4 Å². The highest BCUT2D eigenvalue weighted by atomic mass is 16.6. The summed E-state index contributed by atoms with van der Waals surface area (Å²) in [4.78, 5) is 62.8. The van der Waals surface area contributed by atoms with E-state index in [-0.39, 0.29) is 22.6 Å². The molecule has 2 unspecified atom stereocenters. The number of hydrogen-bond acceptors (Lipinski definition) is 8. The van der Waals surface area contributed by atoms with Gasteiger partial charge in [-0.25, -0.2) is 4.79 Å². The van der Waals surface area contributed by atoms with Gasteiger partial charge in [-0.1, -0.05) is 48.5 Å². The number of ether oxygens (including phenoxy) is 2. The fraction of sp³-hybridized carbons (Fsp3) is 0.120. The number of methoxy groups -OCH3 is 1. The van der Waals surface area contributed by atoms with Crippen molar-refractivity contribution in [3.63, 3.8) is 0 Å². The van der Waals surface area contributed by atoms with Gasteiger partial charge in [0.2, 0.25) is 5.78 Å². The van der Waals surface area contributed by atoms with Gasteiger partial charge in [-0.3, -0.25) is 24.5 Å². The number of cyclic esters (lactones) is 1. The highest BCUT2D eigenvalue weighted by molar-refractivity contribution is 6.45. The van der Waals surface area contributed by atoms with E-state index in [4.69, 9.17) is 9.47 Å². The normalized spacial score (nSPS) is 14.9. The summed E-state index contributed by atoms with van der Waals surface area (Å²) in [7, 11) is 1.32. The van der Waals surface area contributed by atoms with Gasteiger partial charge >= 0.3 is 5.97 Å². The van der Waals surface area contributed by atoms with E-state index in [2.05, 4.69) is 5.32 Å². The molecule has 10 heteroatoms. The molecule has 3 aromatic carbocycles. The smallest absolute Gasteiger partial charge is 0.339 e. The second kappa shape index (κ2) is 9.56. The number of Topliss-reactive ketones (excluding diaryl/α,β-unsaturated/α-hetero) is 2. The van der Waals surface area contributed by atoms with Crippen LogP contribution in [0.2, 0.25) is 0 Å². The van der Waals surface area contributed by atoms with Crippen molar-refractivity contribution in [1.82, 2.24) is 0 Å². The van der Waals surface area contributed by atoms with Gasteiger partial charge in [0.25, 0.3) is 11.6 Å². The first-order chi connectivity index (χ1) is 16.8. The van der Waals surface area contributed by atoms with E-state index >= 15 is 0 Å². The standard InChI is InChI=1S/C25H18N2O8/c1-34-15-11-12-18(19(13-15)27(32)33)26-24(30)22(29)20(21(28)14-7-3-2-4-8-14)23-16-9-5-6-10-17(16)25(31)35-23/h2-13,20,23H,1H3,(H,26,30). The summed E-state index contributed by atoms with van der Waals surface area (Å²) in [6, 6.07) is 17.7. The third kappa shape index (κ3) is 4.49. The minimum Gasteiger partial charge on any atom is -0.496 e. The fourth-order valence-corrected chi connectivity index (χ4v) is 3.82. The molecule has 4 rings (SSSR count). The molecule has 1 heterocycles. The maximum absolute atomic E-state index is 13.4. The van der Waals surface area contributed by atoms with Crippen LogP contribution in [0.5, 0.6) is 5.75 Å². The Hall–Kier alpha value is -4.86. The molecule has 0 spiro atoms. The van der Waals surface area contributed by atoms with Crippen LogP contribution in [0.15, 0.2) is 72.8 Å². The number of nitrogens with zero attached hydrogens (tertiary/aromatic N) is 1. The Bertz CT molecular complexity index is 1350. The number of benzene rings is 3. The Labute approximate surface area is 198 Å². The van der Waals surface area contributed by atoms with Crippen molar-refractivity contribution in [3.8, 4) is 5.75 Å². The van der Waals surface area contributed by atoms with Gasteiger partial charge in [0.05, 0.1) is 23.7 Å². The van der Waals surface area contributed by atoms with E-state index in [0.717, 1.165) is 6.07 Å². The van der Waals surface area contributed by atoms with Gasteiger partial charge in [-0.05, 0) is 18.2 Å². The average Bonchev–Trinajstić information content (AvgIpc) is 3.20. The maximum atomic E-state index is 13.4. The van der Waals surface area contributed by atoms with Crippen LogP contribution in [-0.4, -0.2) is 35.5 Å². The number of ketones is 2. The van der Waals surface area contributed by atoms with Crippen LogP contribution in [0.25, 0.3) is 0 Å². The first-order valence-electron chi connectivity index (χ1n) is 10.4. The molecule has 1 amide bonds. The molecule has 0 saturated carbocycles. The maximum Gasteiger partial charge on any atom is 0.339 e. The van der Waals surface area contributed by atoms with Gasteiger partial charge in [0.1, 0.15) is 23.5 Å². The summed E-state index contributed by atoms with van der Waals surface area (Å²) in [6.07, 6.45) is -1.34. The second-order valence-electron chi connectivity index (χ2n) is 7.58. The molecule has 1 aliphatic heterocycles. The van der Waals surface area contributed by atoms with Crippen molar-refractivity contribution in [2.24, 2.45) is 5.92 Å². The highest BCUT2D eigenvalue weighted by Crippen LogP contribution is 2.38. The van der Waals surface area contributed by atoms with E-state index < -0.39 is 46.1 Å². The van der Waals surface area contributed by atoms with Crippen molar-refractivity contribution in [2.45, 2.75) is 6.10 Å². The van der Waals surface area contributed by atoms with E-state index in [9.17, 15) is 29.3 Å². The molecule has 0 fully saturated rings. The van der Waals surface area contributed by atoms with Crippen molar-refractivity contribution in [2.75, 3.05) is 12.4 Å². The SMILES string of the molecule is COc1ccc(NC(=O)C(=O)C(C(=O)c2ccccc2)C2OC(=O)c3ccccc32)c([N+](=O)[O-])c1. The molecule has 0 saturated heterocycles. The van der Waals surface area contributed by atoms with E-state index in [1.165, 1.54) is 43.5 Å². The lowest BCUT2D eigenvalue weighted by molar-refractivity contribution is -0.384. The Morgan fingerprint density at radius 3 is 2.40 bits per heavy atom. The third-order valence-electron chi connectivity index (χ3n) is 5.52. The lowest BCUT2D eigenvalue weighted by atomic mass is 9.84. The van der Waals surface area contributed by atoms with E-state index in [0.29, 0.717) is 5.56 Å². The zero-order valence-corrected chi connectivity index (χ0v) is 18.3. The number of nitro groups is 1. The zero-order chi connectivity index (χ0) is 25.1. The fourth-order valence-electron chi connectivity index (χ4n) is 3.82. The van der Waals surface area contributed by atoms with Gasteiger partial charge in [0, 0.05) is 11.1 Å². The Kier molecular flexibility index (Phi) is 6.36. The summed E-state index contributed by atoms with van der Waals surface area (Å²) in [5.41, 5.74) is -0.154. The molecule has 176 valence electrons. The van der Waals surface area contributed by atoms with E-state index in [1.54, 1.807) is 30.3 Å². The molecule has 0 bridgehead atoms. The highest BCUT2D eigenvalue weighted by Gasteiger charge is 2.46. The number of esters is 1. The number of fused-ring (bicyclic) bond motifs is 1. The molecular formula is C25H18N2O8. The first-order valence-corrected chi connectivity index (χ1v) is 10.4. The van der Waals surface area contributed by atoms with Crippen molar-refractivity contribution in [3.05, 3.63) is 99.6 Å². The Morgan fingerprint density at radius 2 is 1.71 bits per heavy atom. The monoisotopic (exact) mass is 474 g/mol. The molecule has 10 nitrogen and oxygen atoms in total. The molecular weight excluding hydrogens is 456 g/mol. The largest absolute Gasteiger partial charge is 0.496 e. The summed E-state index contributed by atoms with van der Waals surface area (Å²) in [6.45, 7) is 0. The molecule has 3 aromatic rings. The number of nitro benzene ring substituents is 1. The predicted octanol–water partition coefficient (Wildman–Crippen LogP) is 3.52. The van der Waals surface area contributed by atoms with Crippen molar-refractivity contribution in [1.29, 1.82) is 0 Å². The average molecular weight is 474 g/mol. The quantitative estimate of drug-likeness (QED) is 0.130. The molecule has 0 aromatic heterocycles. The molecule has 1 aliphatic rings. The van der Waals surface area contributed by atoms with E-state index in [1.807, 2.05) is 0 Å². The molecule has 2 atom stereocenters. The number of hydrogen-bond donors (Lipinski definition) is 1. The molecule has 1 N–H and O–H groups in total. The van der Waals surface area contributed by atoms with Crippen molar-refractivity contribution >= 4 is 34.8 Å².